The molecule has 224 valence electrons. The Morgan fingerprint density at radius 3 is 1.76 bits per heavy atom. The van der Waals surface area contributed by atoms with Crippen molar-refractivity contribution < 1.29 is 41.7 Å². The van der Waals surface area contributed by atoms with Gasteiger partial charge < -0.3 is 29.6 Å². The van der Waals surface area contributed by atoms with Gasteiger partial charge in [-0.25, -0.2) is 27.6 Å². The van der Waals surface area contributed by atoms with E-state index in [1.165, 1.54) is 60.7 Å². The lowest BCUT2D eigenvalue weighted by Crippen LogP contribution is -2.37. The number of methoxy groups -OCH3 is 4. The predicted molar refractivity (Wildman–Crippen MR) is 146 cm³/mol. The number of urea groups is 2. The molecule has 0 spiro atoms. The number of amides is 5. The summed E-state index contributed by atoms with van der Waals surface area (Å²) >= 11 is 0. The number of nitrogens with two attached hydrogens (primary N) is 1. The molecule has 0 fully saturated rings. The van der Waals surface area contributed by atoms with Crippen LogP contribution in [0.5, 0.6) is 23.5 Å². The molecule has 5 amide bonds. The number of primary amides is 1. The molecule has 0 aliphatic rings. The average molecular weight is 606 g/mol. The monoisotopic (exact) mass is 605 g/mol. The van der Waals surface area contributed by atoms with Gasteiger partial charge in [0.05, 0.1) is 51.8 Å². The highest BCUT2D eigenvalue weighted by molar-refractivity contribution is 7.90. The van der Waals surface area contributed by atoms with Gasteiger partial charge in [0, 0.05) is 14.1 Å². The Morgan fingerprint density at radius 1 is 0.810 bits per heavy atom. The summed E-state index contributed by atoms with van der Waals surface area (Å²) in [5, 5.41) is 2.16. The van der Waals surface area contributed by atoms with Crippen molar-refractivity contribution in [3.63, 3.8) is 0 Å². The third-order valence-corrected chi connectivity index (χ3v) is 6.58. The SMILES string of the molecule is COc1cc(OC)nc(NC(=O)NS(=O)(=O)c2cc(N(C(N)=O)c3nc(OC)cc(OC)n3)ccc2C(=O)N(C)C)n1. The first kappa shape index (κ1) is 31.1. The number of nitrogens with zero attached hydrogens (tertiary/aromatic N) is 6. The summed E-state index contributed by atoms with van der Waals surface area (Å²) in [4.78, 5) is 55.3. The summed E-state index contributed by atoms with van der Waals surface area (Å²) in [5.41, 5.74) is 5.08. The van der Waals surface area contributed by atoms with Crippen LogP contribution in [0, 0.1) is 0 Å². The smallest absolute Gasteiger partial charge is 0.335 e. The minimum absolute atomic E-state index is 0.00470. The Kier molecular flexibility index (Phi) is 9.47. The Bertz CT molecular complexity index is 1570. The van der Waals surface area contributed by atoms with E-state index in [-0.39, 0.29) is 46.7 Å². The number of aromatic nitrogens is 4. The predicted octanol–water partition coefficient (Wildman–Crippen LogP) is 0.730. The Labute approximate surface area is 239 Å². The van der Waals surface area contributed by atoms with Crippen molar-refractivity contribution in [1.82, 2.24) is 29.6 Å². The van der Waals surface area contributed by atoms with Gasteiger partial charge in [0.15, 0.2) is 0 Å². The molecule has 3 aromatic rings. The van der Waals surface area contributed by atoms with Crippen molar-refractivity contribution in [1.29, 1.82) is 0 Å². The molecule has 2 aromatic heterocycles. The van der Waals surface area contributed by atoms with E-state index in [0.717, 1.165) is 21.9 Å². The van der Waals surface area contributed by atoms with Crippen LogP contribution < -0.4 is 39.6 Å². The number of anilines is 3. The molecular formula is C23H27N9O9S. The number of rotatable bonds is 10. The fourth-order valence-corrected chi connectivity index (χ4v) is 4.43. The molecule has 0 bridgehead atoms. The first-order chi connectivity index (χ1) is 19.8. The van der Waals surface area contributed by atoms with Crippen LogP contribution in [0.4, 0.5) is 27.2 Å². The molecule has 42 heavy (non-hydrogen) atoms. The largest absolute Gasteiger partial charge is 0.481 e. The minimum Gasteiger partial charge on any atom is -0.481 e. The van der Waals surface area contributed by atoms with E-state index in [4.69, 9.17) is 24.7 Å². The van der Waals surface area contributed by atoms with Crippen LogP contribution in [-0.2, 0) is 10.0 Å². The van der Waals surface area contributed by atoms with Crippen LogP contribution in [-0.4, -0.2) is 93.8 Å². The lowest BCUT2D eigenvalue weighted by atomic mass is 10.1. The van der Waals surface area contributed by atoms with Crippen LogP contribution in [0.1, 0.15) is 10.4 Å². The number of hydrogen-bond acceptors (Lipinski definition) is 13. The van der Waals surface area contributed by atoms with Crippen LogP contribution in [0.2, 0.25) is 0 Å². The number of ether oxygens (including phenoxy) is 4. The second-order valence-corrected chi connectivity index (χ2v) is 9.79. The first-order valence-corrected chi connectivity index (χ1v) is 13.0. The van der Waals surface area contributed by atoms with E-state index in [1.807, 2.05) is 0 Å². The highest BCUT2D eigenvalue weighted by Crippen LogP contribution is 2.30. The summed E-state index contributed by atoms with van der Waals surface area (Å²) in [6.45, 7) is 0. The maximum absolute atomic E-state index is 13.5. The van der Waals surface area contributed by atoms with Gasteiger partial charge in [-0.2, -0.15) is 19.9 Å². The molecule has 19 heteroatoms. The van der Waals surface area contributed by atoms with E-state index in [1.54, 1.807) is 4.72 Å². The lowest BCUT2D eigenvalue weighted by Gasteiger charge is -2.22. The fourth-order valence-electron chi connectivity index (χ4n) is 3.31. The summed E-state index contributed by atoms with van der Waals surface area (Å²) in [6.07, 6.45) is 0. The van der Waals surface area contributed by atoms with Crippen molar-refractivity contribution >= 4 is 45.6 Å². The van der Waals surface area contributed by atoms with Gasteiger partial charge in [0.1, 0.15) is 4.90 Å². The fraction of sp³-hybridized carbons (Fsp3) is 0.261. The summed E-state index contributed by atoms with van der Waals surface area (Å²) in [7, 11) is 3.24. The zero-order valence-electron chi connectivity index (χ0n) is 23.2. The number of benzene rings is 1. The standard InChI is InChI=1S/C23H27N9O9S/c1-31(2)19(33)13-8-7-12(32(20(24)34)22-27-17(40-5)11-18(28-22)41-6)9-14(13)42(36,37)30-23(35)29-21-25-15(38-3)10-16(26-21)39-4/h7-11H,1-6H3,(H2,24,34)(H2,25,26,29,30,35). The summed E-state index contributed by atoms with van der Waals surface area (Å²) in [5.74, 6) is -1.35. The molecule has 1 aromatic carbocycles. The second-order valence-electron chi connectivity index (χ2n) is 8.14. The zero-order valence-corrected chi connectivity index (χ0v) is 24.0. The molecule has 4 N–H and O–H groups in total. The average Bonchev–Trinajstić information content (AvgIpc) is 2.95. The third kappa shape index (κ3) is 6.99. The molecule has 0 aliphatic carbocycles. The molecule has 0 saturated heterocycles. The number of carbonyl (C=O) groups excluding carboxylic acids is 3. The van der Waals surface area contributed by atoms with Crippen LogP contribution in [0.15, 0.2) is 35.2 Å². The molecule has 0 radical (unpaired) electrons. The van der Waals surface area contributed by atoms with Gasteiger partial charge in [-0.3, -0.25) is 10.1 Å². The Balaban J connectivity index is 2.09. The van der Waals surface area contributed by atoms with Crippen molar-refractivity contribution in [2.24, 2.45) is 5.73 Å². The maximum Gasteiger partial charge on any atom is 0.335 e. The summed E-state index contributed by atoms with van der Waals surface area (Å²) in [6, 6.07) is 3.58. The zero-order chi connectivity index (χ0) is 31.2. The quantitative estimate of drug-likeness (QED) is 0.290. The molecule has 0 aliphatic heterocycles. The summed E-state index contributed by atoms with van der Waals surface area (Å²) < 4.78 is 48.9. The molecule has 0 atom stereocenters. The topological polar surface area (TPSA) is 230 Å². The van der Waals surface area contributed by atoms with Gasteiger partial charge >= 0.3 is 12.1 Å². The molecule has 18 nitrogen and oxygen atoms in total. The van der Waals surface area contributed by atoms with E-state index in [9.17, 15) is 22.8 Å². The number of nitrogens with one attached hydrogen (secondary N) is 2. The van der Waals surface area contributed by atoms with Gasteiger partial charge in [0.25, 0.3) is 15.9 Å². The van der Waals surface area contributed by atoms with E-state index < -0.39 is 32.9 Å². The van der Waals surface area contributed by atoms with Crippen molar-refractivity contribution in [2.75, 3.05) is 52.8 Å². The van der Waals surface area contributed by atoms with Gasteiger partial charge in [-0.05, 0) is 18.2 Å². The highest BCUT2D eigenvalue weighted by Gasteiger charge is 2.29. The molecule has 0 unspecified atom stereocenters. The Hall–Kier alpha value is -5.46. The van der Waals surface area contributed by atoms with Gasteiger partial charge in [0.2, 0.25) is 35.4 Å². The van der Waals surface area contributed by atoms with Crippen molar-refractivity contribution in [3.8, 4) is 23.5 Å². The van der Waals surface area contributed by atoms with E-state index >= 15 is 0 Å². The highest BCUT2D eigenvalue weighted by atomic mass is 32.2. The van der Waals surface area contributed by atoms with Crippen LogP contribution in [0.3, 0.4) is 0 Å². The van der Waals surface area contributed by atoms with Crippen LogP contribution in [0.25, 0.3) is 0 Å². The third-order valence-electron chi connectivity index (χ3n) is 5.21. The molecular weight excluding hydrogens is 578 g/mol. The normalized spacial score (nSPS) is 10.7. The van der Waals surface area contributed by atoms with Crippen molar-refractivity contribution in [2.45, 2.75) is 4.90 Å². The minimum atomic E-state index is -4.81. The van der Waals surface area contributed by atoms with Crippen molar-refractivity contribution in [3.05, 3.63) is 35.9 Å². The van der Waals surface area contributed by atoms with E-state index in [2.05, 4.69) is 25.3 Å². The molecule has 2 heterocycles. The van der Waals surface area contributed by atoms with Crippen LogP contribution >= 0.6 is 0 Å². The molecule has 0 saturated carbocycles. The Morgan fingerprint density at radius 2 is 1.31 bits per heavy atom. The first-order valence-electron chi connectivity index (χ1n) is 11.6. The second kappa shape index (κ2) is 12.8. The van der Waals surface area contributed by atoms with E-state index in [0.29, 0.717) is 0 Å². The van der Waals surface area contributed by atoms with Gasteiger partial charge in [-0.15, -0.1) is 0 Å². The van der Waals surface area contributed by atoms with Gasteiger partial charge in [-0.1, -0.05) is 0 Å². The molecule has 3 rings (SSSR count). The number of sulfonamides is 1. The maximum atomic E-state index is 13.5. The lowest BCUT2D eigenvalue weighted by molar-refractivity contribution is 0.0824. The number of hydrogen-bond donors (Lipinski definition) is 3. The number of carbonyl (C=O) groups is 3.